The number of carbonyl (C=O) groups excluding carboxylic acids is 2. The highest BCUT2D eigenvalue weighted by atomic mass is 35.5. The Balaban J connectivity index is 1.96. The number of hydrogen-bond donors (Lipinski definition) is 2. The van der Waals surface area contributed by atoms with E-state index in [0.717, 1.165) is 5.56 Å². The lowest BCUT2D eigenvalue weighted by atomic mass is 10.0. The molecule has 0 bridgehead atoms. The van der Waals surface area contributed by atoms with Gasteiger partial charge in [-0.1, -0.05) is 23.2 Å². The number of nitrogens with one attached hydrogen (secondary N) is 2. The van der Waals surface area contributed by atoms with E-state index >= 15 is 0 Å². The van der Waals surface area contributed by atoms with Crippen LogP contribution in [0.3, 0.4) is 0 Å². The van der Waals surface area contributed by atoms with Crippen molar-refractivity contribution in [1.29, 1.82) is 0 Å². The summed E-state index contributed by atoms with van der Waals surface area (Å²) in [6.45, 7) is 6.28. The number of fused-ring (bicyclic) bond motifs is 1. The van der Waals surface area contributed by atoms with Crippen LogP contribution in [0.15, 0.2) is 18.2 Å². The number of aromatic nitrogens is 2. The minimum absolute atomic E-state index is 0.228. The maximum atomic E-state index is 12.5. The Morgan fingerprint density at radius 3 is 2.73 bits per heavy atom. The molecule has 26 heavy (non-hydrogen) atoms. The number of hydrogen-bond acceptors (Lipinski definition) is 5. The van der Waals surface area contributed by atoms with Crippen LogP contribution >= 0.6 is 23.2 Å². The van der Waals surface area contributed by atoms with Crippen LogP contribution in [-0.2, 0) is 16.8 Å². The van der Waals surface area contributed by atoms with E-state index in [1.807, 2.05) is 13.8 Å². The number of anilines is 1. The fourth-order valence-corrected chi connectivity index (χ4v) is 3.19. The average Bonchev–Trinajstić information content (AvgIpc) is 3.09. The van der Waals surface area contributed by atoms with Gasteiger partial charge in [0.25, 0.3) is 5.91 Å². The third kappa shape index (κ3) is 3.30. The van der Waals surface area contributed by atoms with Crippen LogP contribution in [0.5, 0.6) is 0 Å². The number of nitrogens with zero attached hydrogens (tertiary/aromatic N) is 2. The molecule has 1 aromatic carbocycles. The smallest absolute Gasteiger partial charge is 0.435 e. The molecule has 1 aromatic heterocycles. The SMILES string of the molecule is CCOC(=O)n1nc(NC(=O)c2ccc(Cl)c(Cl)c2)c2c1C(C)(C)NC2. The lowest BCUT2D eigenvalue weighted by Crippen LogP contribution is -2.34. The summed E-state index contributed by atoms with van der Waals surface area (Å²) in [5, 5.41) is 10.9. The first-order valence-electron chi connectivity index (χ1n) is 8.05. The minimum atomic E-state index is -0.587. The molecule has 3 rings (SSSR count). The molecule has 0 spiro atoms. The van der Waals surface area contributed by atoms with E-state index in [4.69, 9.17) is 27.9 Å². The van der Waals surface area contributed by atoms with Crippen LogP contribution < -0.4 is 10.6 Å². The highest BCUT2D eigenvalue weighted by molar-refractivity contribution is 6.42. The van der Waals surface area contributed by atoms with Gasteiger partial charge >= 0.3 is 6.09 Å². The molecule has 0 atom stereocenters. The van der Waals surface area contributed by atoms with Crippen LogP contribution in [0.4, 0.5) is 10.6 Å². The van der Waals surface area contributed by atoms with E-state index < -0.39 is 17.5 Å². The van der Waals surface area contributed by atoms with E-state index in [1.165, 1.54) is 10.7 Å². The second-order valence-electron chi connectivity index (χ2n) is 6.35. The van der Waals surface area contributed by atoms with Crippen LogP contribution in [0.25, 0.3) is 0 Å². The van der Waals surface area contributed by atoms with Crippen LogP contribution in [0.2, 0.25) is 10.0 Å². The largest absolute Gasteiger partial charge is 0.448 e. The normalized spacial score (nSPS) is 14.8. The van der Waals surface area contributed by atoms with Gasteiger partial charge in [0, 0.05) is 17.7 Å². The summed E-state index contributed by atoms with van der Waals surface area (Å²) in [6, 6.07) is 4.59. The number of halogens is 2. The summed E-state index contributed by atoms with van der Waals surface area (Å²) in [5.41, 5.74) is 1.27. The van der Waals surface area contributed by atoms with Crippen molar-refractivity contribution in [2.24, 2.45) is 0 Å². The third-order valence-corrected chi connectivity index (χ3v) is 4.88. The number of rotatable bonds is 3. The summed E-state index contributed by atoms with van der Waals surface area (Å²) in [5.74, 6) is -0.0909. The molecule has 2 heterocycles. The highest BCUT2D eigenvalue weighted by Gasteiger charge is 2.39. The van der Waals surface area contributed by atoms with Crippen molar-refractivity contribution in [3.05, 3.63) is 45.1 Å². The summed E-state index contributed by atoms with van der Waals surface area (Å²) in [7, 11) is 0. The molecule has 0 unspecified atom stereocenters. The lowest BCUT2D eigenvalue weighted by Gasteiger charge is -2.20. The molecule has 0 saturated carbocycles. The quantitative estimate of drug-likeness (QED) is 0.823. The highest BCUT2D eigenvalue weighted by Crippen LogP contribution is 2.35. The van der Waals surface area contributed by atoms with E-state index in [1.54, 1.807) is 19.1 Å². The van der Waals surface area contributed by atoms with Gasteiger partial charge in [-0.2, -0.15) is 4.68 Å². The van der Waals surface area contributed by atoms with Crippen molar-refractivity contribution in [3.63, 3.8) is 0 Å². The zero-order valence-corrected chi connectivity index (χ0v) is 16.0. The van der Waals surface area contributed by atoms with Gasteiger partial charge in [0.1, 0.15) is 0 Å². The summed E-state index contributed by atoms with van der Waals surface area (Å²) < 4.78 is 6.27. The van der Waals surface area contributed by atoms with Gasteiger partial charge in [-0.15, -0.1) is 5.10 Å². The number of benzene rings is 1. The number of ether oxygens (including phenoxy) is 1. The summed E-state index contributed by atoms with van der Waals surface area (Å²) >= 11 is 11.9. The number of carbonyl (C=O) groups is 2. The molecule has 2 N–H and O–H groups in total. The van der Waals surface area contributed by atoms with Crippen molar-refractivity contribution in [2.75, 3.05) is 11.9 Å². The second-order valence-corrected chi connectivity index (χ2v) is 7.16. The summed E-state index contributed by atoms with van der Waals surface area (Å²) in [6.07, 6.45) is -0.587. The van der Waals surface area contributed by atoms with Gasteiger partial charge in [-0.3, -0.25) is 4.79 Å². The molecule has 0 aliphatic carbocycles. The Hall–Kier alpha value is -2.09. The Kier molecular flexibility index (Phi) is 4.96. The fourth-order valence-electron chi connectivity index (χ4n) is 2.89. The standard InChI is InChI=1S/C17H18Cl2N4O3/c1-4-26-16(25)23-13-10(8-20-17(13,2)3)14(22-23)21-15(24)9-5-6-11(18)12(19)7-9/h5-7,20H,4,8H2,1-3H3,(H,21,22,24). The predicted molar refractivity (Wildman–Crippen MR) is 98.9 cm³/mol. The predicted octanol–water partition coefficient (Wildman–Crippen LogP) is 3.79. The maximum absolute atomic E-state index is 12.5. The van der Waals surface area contributed by atoms with E-state index in [9.17, 15) is 9.59 Å². The molecule has 0 fully saturated rings. The molecular formula is C17H18Cl2N4O3. The molecule has 138 valence electrons. The van der Waals surface area contributed by atoms with Gasteiger partial charge in [0.2, 0.25) is 0 Å². The van der Waals surface area contributed by atoms with Crippen LogP contribution in [0, 0.1) is 0 Å². The fraction of sp³-hybridized carbons (Fsp3) is 0.353. The zero-order valence-electron chi connectivity index (χ0n) is 14.5. The molecule has 1 aliphatic heterocycles. The molecule has 1 aliphatic rings. The monoisotopic (exact) mass is 396 g/mol. The molecule has 1 amide bonds. The minimum Gasteiger partial charge on any atom is -0.448 e. The Morgan fingerprint density at radius 1 is 1.35 bits per heavy atom. The molecular weight excluding hydrogens is 379 g/mol. The first kappa shape index (κ1) is 18.7. The average molecular weight is 397 g/mol. The van der Waals surface area contributed by atoms with Gasteiger partial charge in [-0.25, -0.2) is 4.79 Å². The van der Waals surface area contributed by atoms with E-state index in [-0.39, 0.29) is 11.6 Å². The van der Waals surface area contributed by atoms with Crippen molar-refractivity contribution in [2.45, 2.75) is 32.9 Å². The molecule has 0 saturated heterocycles. The molecule has 0 radical (unpaired) electrons. The van der Waals surface area contributed by atoms with Crippen molar-refractivity contribution < 1.29 is 14.3 Å². The van der Waals surface area contributed by atoms with Crippen LogP contribution in [0.1, 0.15) is 42.4 Å². The Labute approximate surface area is 160 Å². The second kappa shape index (κ2) is 6.90. The molecule has 9 heteroatoms. The van der Waals surface area contributed by atoms with Crippen molar-refractivity contribution in [3.8, 4) is 0 Å². The summed E-state index contributed by atoms with van der Waals surface area (Å²) in [4.78, 5) is 24.8. The zero-order chi connectivity index (χ0) is 19.1. The van der Waals surface area contributed by atoms with Crippen LogP contribution in [-0.4, -0.2) is 28.4 Å². The molecule has 2 aromatic rings. The third-order valence-electron chi connectivity index (χ3n) is 4.14. The first-order valence-corrected chi connectivity index (χ1v) is 8.81. The maximum Gasteiger partial charge on any atom is 0.435 e. The van der Waals surface area contributed by atoms with Crippen molar-refractivity contribution in [1.82, 2.24) is 15.1 Å². The van der Waals surface area contributed by atoms with Gasteiger partial charge in [0.05, 0.1) is 27.9 Å². The number of amides is 1. The Morgan fingerprint density at radius 2 is 2.08 bits per heavy atom. The van der Waals surface area contributed by atoms with E-state index in [2.05, 4.69) is 15.7 Å². The van der Waals surface area contributed by atoms with Gasteiger partial charge in [0.15, 0.2) is 5.82 Å². The van der Waals surface area contributed by atoms with Gasteiger partial charge < -0.3 is 15.4 Å². The molecule has 7 nitrogen and oxygen atoms in total. The Bertz CT molecular complexity index is 892. The van der Waals surface area contributed by atoms with E-state index in [0.29, 0.717) is 28.6 Å². The lowest BCUT2D eigenvalue weighted by molar-refractivity contribution is 0.102. The van der Waals surface area contributed by atoms with Gasteiger partial charge in [-0.05, 0) is 39.0 Å². The first-order chi connectivity index (χ1) is 12.2. The van der Waals surface area contributed by atoms with Crippen molar-refractivity contribution >= 4 is 41.0 Å². The topological polar surface area (TPSA) is 85.2 Å².